The fraction of sp³-hybridized carbons (Fsp3) is 0.462. The summed E-state index contributed by atoms with van der Waals surface area (Å²) in [7, 11) is 0. The van der Waals surface area contributed by atoms with Crippen molar-refractivity contribution in [1.29, 1.82) is 0 Å². The van der Waals surface area contributed by atoms with E-state index in [1.807, 2.05) is 36.7 Å². The molecule has 0 amide bonds. The minimum Gasteiger partial charge on any atom is -0.388 e. The van der Waals surface area contributed by atoms with Gasteiger partial charge in [0.1, 0.15) is 0 Å². The molecule has 31 heavy (non-hydrogen) atoms. The van der Waals surface area contributed by atoms with E-state index in [1.165, 1.54) is 64.2 Å². The van der Waals surface area contributed by atoms with Crippen molar-refractivity contribution in [2.45, 2.75) is 76.3 Å². The van der Waals surface area contributed by atoms with Crippen LogP contribution >= 0.6 is 0 Å². The van der Waals surface area contributed by atoms with Crippen LogP contribution in [0.1, 0.15) is 64.2 Å². The first-order valence-electron chi connectivity index (χ1n) is 11.4. The SMILES string of the molecule is O=C1C=CC=C/C1=C/NC1CCCCC1.O=C1C=CC=C/C1=C/NC1CCCCC1.[Ni]. The fourth-order valence-corrected chi connectivity index (χ4v) is 4.15. The maximum absolute atomic E-state index is 11.4. The number of carbonyl (C=O) groups is 2. The van der Waals surface area contributed by atoms with Gasteiger partial charge in [0.15, 0.2) is 11.6 Å². The quantitative estimate of drug-likeness (QED) is 0.455. The summed E-state index contributed by atoms with van der Waals surface area (Å²) in [6.07, 6.45) is 30.9. The summed E-state index contributed by atoms with van der Waals surface area (Å²) in [5, 5.41) is 6.71. The van der Waals surface area contributed by atoms with Crippen molar-refractivity contribution in [2.24, 2.45) is 0 Å². The van der Waals surface area contributed by atoms with Crippen molar-refractivity contribution in [3.05, 3.63) is 72.2 Å². The molecule has 0 bridgehead atoms. The number of ketones is 2. The van der Waals surface area contributed by atoms with Gasteiger partial charge in [-0.15, -0.1) is 0 Å². The second kappa shape index (κ2) is 14.0. The van der Waals surface area contributed by atoms with Crippen LogP contribution in [-0.4, -0.2) is 23.7 Å². The monoisotopic (exact) mass is 464 g/mol. The van der Waals surface area contributed by atoms with Gasteiger partial charge >= 0.3 is 0 Å². The van der Waals surface area contributed by atoms with E-state index in [-0.39, 0.29) is 28.1 Å². The Kier molecular flexibility index (Phi) is 11.4. The van der Waals surface area contributed by atoms with Gasteiger partial charge in [-0.25, -0.2) is 0 Å². The molecule has 0 aromatic carbocycles. The summed E-state index contributed by atoms with van der Waals surface area (Å²) >= 11 is 0. The van der Waals surface area contributed by atoms with Crippen LogP contribution in [0.15, 0.2) is 72.2 Å². The number of nitrogens with one attached hydrogen (secondary N) is 2. The third-order valence-electron chi connectivity index (χ3n) is 6.00. The molecule has 0 saturated heterocycles. The summed E-state index contributed by atoms with van der Waals surface area (Å²) < 4.78 is 0. The number of hydrogen-bond acceptors (Lipinski definition) is 4. The molecule has 0 aromatic heterocycles. The predicted molar refractivity (Wildman–Crippen MR) is 123 cm³/mol. The molecule has 4 rings (SSSR count). The average molecular weight is 465 g/mol. The van der Waals surface area contributed by atoms with E-state index in [2.05, 4.69) is 10.6 Å². The first-order chi connectivity index (χ1) is 14.7. The summed E-state index contributed by atoms with van der Waals surface area (Å²) in [6.45, 7) is 0. The van der Waals surface area contributed by atoms with E-state index >= 15 is 0 Å². The molecular weight excluding hydrogens is 431 g/mol. The zero-order valence-electron chi connectivity index (χ0n) is 18.1. The second-order valence-electron chi connectivity index (χ2n) is 8.37. The standard InChI is InChI=1S/2C13H17NO.Ni/c2*15-13-9-5-4-6-11(13)10-14-12-7-2-1-3-8-12;/h2*4-6,9-10,12,14H,1-3,7-8H2;/b2*11-10-;. The molecule has 0 spiro atoms. The van der Waals surface area contributed by atoms with Crippen LogP contribution in [0.2, 0.25) is 0 Å². The smallest absolute Gasteiger partial charge is 0.187 e. The predicted octanol–water partition coefficient (Wildman–Crippen LogP) is 4.97. The Labute approximate surface area is 196 Å². The van der Waals surface area contributed by atoms with Crippen LogP contribution in [0.25, 0.3) is 0 Å². The van der Waals surface area contributed by atoms with Crippen LogP contribution in [0.3, 0.4) is 0 Å². The molecule has 5 heteroatoms. The number of rotatable bonds is 4. The molecule has 0 radical (unpaired) electrons. The topological polar surface area (TPSA) is 58.2 Å². The molecule has 2 saturated carbocycles. The Morgan fingerprint density at radius 3 is 1.29 bits per heavy atom. The summed E-state index contributed by atoms with van der Waals surface area (Å²) in [5.41, 5.74) is 1.53. The van der Waals surface area contributed by atoms with Crippen LogP contribution in [0.5, 0.6) is 0 Å². The van der Waals surface area contributed by atoms with Crippen LogP contribution in [0, 0.1) is 0 Å². The van der Waals surface area contributed by atoms with E-state index in [0.717, 1.165) is 11.1 Å². The van der Waals surface area contributed by atoms with Crippen LogP contribution in [0.4, 0.5) is 0 Å². The minimum atomic E-state index is 0. The van der Waals surface area contributed by atoms with Crippen LogP contribution < -0.4 is 10.6 Å². The van der Waals surface area contributed by atoms with Gasteiger partial charge in [0.25, 0.3) is 0 Å². The normalized spacial score (nSPS) is 24.0. The van der Waals surface area contributed by atoms with Crippen LogP contribution in [-0.2, 0) is 26.1 Å². The van der Waals surface area contributed by atoms with Crippen molar-refractivity contribution in [3.63, 3.8) is 0 Å². The first kappa shape index (κ1) is 25.1. The summed E-state index contributed by atoms with van der Waals surface area (Å²) in [5.74, 6) is 0.196. The van der Waals surface area contributed by atoms with Crippen molar-refractivity contribution in [2.75, 3.05) is 0 Å². The minimum absolute atomic E-state index is 0. The molecule has 0 heterocycles. The fourth-order valence-electron chi connectivity index (χ4n) is 4.15. The Morgan fingerprint density at radius 2 is 0.935 bits per heavy atom. The van der Waals surface area contributed by atoms with E-state index in [1.54, 1.807) is 24.3 Å². The molecule has 170 valence electrons. The van der Waals surface area contributed by atoms with Gasteiger partial charge in [0.2, 0.25) is 0 Å². The Morgan fingerprint density at radius 1 is 0.581 bits per heavy atom. The molecule has 2 N–H and O–H groups in total. The maximum atomic E-state index is 11.4. The molecule has 4 aliphatic carbocycles. The van der Waals surface area contributed by atoms with Gasteiger partial charge in [-0.3, -0.25) is 9.59 Å². The van der Waals surface area contributed by atoms with Crippen molar-refractivity contribution < 1.29 is 26.1 Å². The maximum Gasteiger partial charge on any atom is 0.187 e. The summed E-state index contributed by atoms with van der Waals surface area (Å²) in [4.78, 5) is 22.8. The molecule has 4 nitrogen and oxygen atoms in total. The zero-order valence-corrected chi connectivity index (χ0v) is 19.1. The second-order valence-corrected chi connectivity index (χ2v) is 8.37. The van der Waals surface area contributed by atoms with E-state index in [0.29, 0.717) is 12.1 Å². The van der Waals surface area contributed by atoms with Gasteiger partial charge in [-0.1, -0.05) is 62.8 Å². The Balaban J connectivity index is 0.000000213. The van der Waals surface area contributed by atoms with Gasteiger partial charge in [-0.05, 0) is 50.0 Å². The summed E-state index contributed by atoms with van der Waals surface area (Å²) in [6, 6.07) is 1.14. The van der Waals surface area contributed by atoms with Crippen molar-refractivity contribution >= 4 is 11.6 Å². The molecule has 4 aliphatic rings. The average Bonchev–Trinajstić information content (AvgIpc) is 2.80. The largest absolute Gasteiger partial charge is 0.388 e. The molecule has 0 aromatic rings. The molecular formula is C26H34N2NiO2. The van der Waals surface area contributed by atoms with E-state index < -0.39 is 0 Å². The molecule has 2 fully saturated rings. The molecule has 0 atom stereocenters. The third-order valence-corrected chi connectivity index (χ3v) is 6.00. The Bertz CT molecular complexity index is 711. The zero-order chi connectivity index (χ0) is 21.0. The van der Waals surface area contributed by atoms with Gasteiger partial charge in [0.05, 0.1) is 0 Å². The number of carbonyl (C=O) groups excluding carboxylic acids is 2. The van der Waals surface area contributed by atoms with E-state index in [9.17, 15) is 9.59 Å². The van der Waals surface area contributed by atoms with Crippen molar-refractivity contribution in [3.8, 4) is 0 Å². The third kappa shape index (κ3) is 8.87. The van der Waals surface area contributed by atoms with Gasteiger partial charge in [-0.2, -0.15) is 0 Å². The number of hydrogen-bond donors (Lipinski definition) is 2. The Hall–Kier alpha value is -2.13. The first-order valence-corrected chi connectivity index (χ1v) is 11.4. The van der Waals surface area contributed by atoms with E-state index in [4.69, 9.17) is 0 Å². The number of allylic oxidation sites excluding steroid dienone is 10. The molecule has 0 unspecified atom stereocenters. The van der Waals surface area contributed by atoms with Gasteiger partial charge in [0, 0.05) is 52.1 Å². The molecule has 0 aliphatic heterocycles. The van der Waals surface area contributed by atoms with Gasteiger partial charge < -0.3 is 10.6 Å². The van der Waals surface area contributed by atoms with Crippen molar-refractivity contribution in [1.82, 2.24) is 10.6 Å².